The Morgan fingerprint density at radius 1 is 1.38 bits per heavy atom. The van der Waals surface area contributed by atoms with Crippen molar-refractivity contribution in [2.45, 2.75) is 20.4 Å². The Morgan fingerprint density at radius 2 is 2.12 bits per heavy atom. The summed E-state index contributed by atoms with van der Waals surface area (Å²) >= 11 is 0. The lowest BCUT2D eigenvalue weighted by atomic mass is 9.99. The number of likely N-dealkylation sites (tertiary alicyclic amines) is 1. The molecule has 1 saturated heterocycles. The summed E-state index contributed by atoms with van der Waals surface area (Å²) < 4.78 is 4.89. The molecule has 1 aliphatic rings. The fourth-order valence-corrected chi connectivity index (χ4v) is 3.01. The number of primary amides is 1. The monoisotopic (exact) mass is 474 g/mol. The number of aliphatic imine (C=N–C) groups is 1. The normalized spacial score (nSPS) is 19.7. The van der Waals surface area contributed by atoms with Crippen molar-refractivity contribution in [3.63, 3.8) is 0 Å². The van der Waals surface area contributed by atoms with E-state index in [1.165, 1.54) is 7.11 Å². The summed E-state index contributed by atoms with van der Waals surface area (Å²) in [5, 5.41) is 3.26. The van der Waals surface area contributed by atoms with E-state index >= 15 is 0 Å². The predicted molar refractivity (Wildman–Crippen MR) is 111 cm³/mol. The summed E-state index contributed by atoms with van der Waals surface area (Å²) in [6, 6.07) is 7.13. The highest BCUT2D eigenvalue weighted by atomic mass is 127. The molecular formula is C18H27IN4O3. The van der Waals surface area contributed by atoms with Crippen LogP contribution in [0.3, 0.4) is 0 Å². The third-order valence-electron chi connectivity index (χ3n) is 4.37. The van der Waals surface area contributed by atoms with Crippen molar-refractivity contribution in [3.8, 4) is 0 Å². The molecule has 2 atom stereocenters. The van der Waals surface area contributed by atoms with Crippen LogP contribution in [0.15, 0.2) is 29.3 Å². The fourth-order valence-electron chi connectivity index (χ4n) is 3.01. The number of ether oxygens (including phenoxy) is 1. The van der Waals surface area contributed by atoms with E-state index in [-0.39, 0.29) is 41.8 Å². The van der Waals surface area contributed by atoms with Crippen LogP contribution in [-0.4, -0.2) is 49.5 Å². The van der Waals surface area contributed by atoms with Crippen LogP contribution in [0, 0.1) is 11.8 Å². The molecule has 0 radical (unpaired) electrons. The lowest BCUT2D eigenvalue weighted by Gasteiger charge is -2.21. The summed E-state index contributed by atoms with van der Waals surface area (Å²) in [6.45, 7) is 6.53. The van der Waals surface area contributed by atoms with Gasteiger partial charge in [-0.05, 0) is 30.5 Å². The molecule has 2 rings (SSSR count). The van der Waals surface area contributed by atoms with Gasteiger partial charge in [-0.3, -0.25) is 9.59 Å². The first-order chi connectivity index (χ1) is 12.0. The fraction of sp³-hybridized carbons (Fsp3) is 0.500. The number of amides is 1. The smallest absolute Gasteiger partial charge is 0.310 e. The van der Waals surface area contributed by atoms with Crippen molar-refractivity contribution in [3.05, 3.63) is 35.4 Å². The number of nitrogens with two attached hydrogens (primary N) is 1. The number of halogens is 1. The Hall–Kier alpha value is -1.84. The Balaban J connectivity index is 0.00000338. The summed E-state index contributed by atoms with van der Waals surface area (Å²) in [5.74, 6) is 0.179. The van der Waals surface area contributed by atoms with E-state index in [1.54, 1.807) is 18.2 Å². The topological polar surface area (TPSA) is 97.0 Å². The molecule has 1 aromatic carbocycles. The van der Waals surface area contributed by atoms with Gasteiger partial charge in [0.15, 0.2) is 5.96 Å². The summed E-state index contributed by atoms with van der Waals surface area (Å²) in [6.07, 6.45) is 0. The zero-order chi connectivity index (χ0) is 18.4. The minimum absolute atomic E-state index is 0. The zero-order valence-corrected chi connectivity index (χ0v) is 17.7. The highest BCUT2D eigenvalue weighted by molar-refractivity contribution is 14.0. The molecule has 0 spiro atoms. The number of benzene rings is 1. The molecule has 1 aromatic rings. The van der Waals surface area contributed by atoms with Crippen LogP contribution in [0.2, 0.25) is 0 Å². The standard InChI is InChI=1S/C18H26N4O3.HI/c1-4-20-18(22-10-12(2)15(11-22)17(24)25-3)21-9-13-6-5-7-14(8-13)16(19)23;/h5-8,12,15H,4,9-11H2,1-3H3,(H2,19,23)(H,20,21);1H. The van der Waals surface area contributed by atoms with Crippen LogP contribution in [0.1, 0.15) is 29.8 Å². The second-order valence-electron chi connectivity index (χ2n) is 6.25. The molecule has 0 aliphatic carbocycles. The Bertz CT molecular complexity index is 666. The number of carbonyl (C=O) groups excluding carboxylic acids is 2. The molecular weight excluding hydrogens is 447 g/mol. The third-order valence-corrected chi connectivity index (χ3v) is 4.37. The van der Waals surface area contributed by atoms with E-state index in [4.69, 9.17) is 10.5 Å². The number of hydrogen-bond acceptors (Lipinski definition) is 4. The van der Waals surface area contributed by atoms with Gasteiger partial charge in [0.25, 0.3) is 0 Å². The Morgan fingerprint density at radius 3 is 2.73 bits per heavy atom. The van der Waals surface area contributed by atoms with Gasteiger partial charge in [0, 0.05) is 25.2 Å². The average molecular weight is 474 g/mol. The number of hydrogen-bond donors (Lipinski definition) is 2. The third kappa shape index (κ3) is 5.58. The maximum absolute atomic E-state index is 11.9. The van der Waals surface area contributed by atoms with Crippen molar-refractivity contribution in [2.24, 2.45) is 22.6 Å². The van der Waals surface area contributed by atoms with Crippen LogP contribution in [0.5, 0.6) is 0 Å². The van der Waals surface area contributed by atoms with Crippen molar-refractivity contribution < 1.29 is 14.3 Å². The molecule has 1 fully saturated rings. The van der Waals surface area contributed by atoms with E-state index in [9.17, 15) is 9.59 Å². The highest BCUT2D eigenvalue weighted by Crippen LogP contribution is 2.24. The molecule has 2 unspecified atom stereocenters. The summed E-state index contributed by atoms with van der Waals surface area (Å²) in [5.41, 5.74) is 6.70. The Kier molecular flexibility index (Phi) is 8.83. The molecule has 1 heterocycles. The van der Waals surface area contributed by atoms with E-state index in [1.807, 2.05) is 19.9 Å². The summed E-state index contributed by atoms with van der Waals surface area (Å²) in [7, 11) is 1.42. The maximum atomic E-state index is 11.9. The average Bonchev–Trinajstić information content (AvgIpc) is 2.99. The first kappa shape index (κ1) is 22.2. The highest BCUT2D eigenvalue weighted by Gasteiger charge is 2.36. The van der Waals surface area contributed by atoms with Crippen LogP contribution in [-0.2, 0) is 16.1 Å². The van der Waals surface area contributed by atoms with Gasteiger partial charge in [-0.1, -0.05) is 19.1 Å². The van der Waals surface area contributed by atoms with Gasteiger partial charge in [0.1, 0.15) is 0 Å². The first-order valence-corrected chi connectivity index (χ1v) is 8.46. The van der Waals surface area contributed by atoms with Crippen LogP contribution in [0.4, 0.5) is 0 Å². The van der Waals surface area contributed by atoms with Crippen LogP contribution < -0.4 is 11.1 Å². The van der Waals surface area contributed by atoms with Crippen molar-refractivity contribution in [2.75, 3.05) is 26.7 Å². The van der Waals surface area contributed by atoms with Crippen LogP contribution in [0.25, 0.3) is 0 Å². The SMILES string of the molecule is CCNC(=NCc1cccc(C(N)=O)c1)N1CC(C)C(C(=O)OC)C1.I. The van der Waals surface area contributed by atoms with Gasteiger partial charge in [0.2, 0.25) is 5.91 Å². The minimum atomic E-state index is -0.452. The van der Waals surface area contributed by atoms with Gasteiger partial charge in [0.05, 0.1) is 19.6 Å². The van der Waals surface area contributed by atoms with Gasteiger partial charge in [-0.25, -0.2) is 4.99 Å². The van der Waals surface area contributed by atoms with Crippen molar-refractivity contribution >= 4 is 41.8 Å². The molecule has 1 amide bonds. The first-order valence-electron chi connectivity index (χ1n) is 8.46. The second kappa shape index (κ2) is 10.3. The number of esters is 1. The largest absolute Gasteiger partial charge is 0.469 e. The molecule has 3 N–H and O–H groups in total. The molecule has 7 nitrogen and oxygen atoms in total. The molecule has 26 heavy (non-hydrogen) atoms. The lowest BCUT2D eigenvalue weighted by Crippen LogP contribution is -2.40. The zero-order valence-electron chi connectivity index (χ0n) is 15.4. The van der Waals surface area contributed by atoms with E-state index in [0.29, 0.717) is 18.7 Å². The predicted octanol–water partition coefficient (Wildman–Crippen LogP) is 1.61. The second-order valence-corrected chi connectivity index (χ2v) is 6.25. The molecule has 1 aliphatic heterocycles. The van der Waals surface area contributed by atoms with E-state index < -0.39 is 5.91 Å². The number of methoxy groups -OCH3 is 1. The lowest BCUT2D eigenvalue weighted by molar-refractivity contribution is -0.145. The molecule has 8 heteroatoms. The number of carbonyl (C=O) groups is 2. The number of nitrogens with zero attached hydrogens (tertiary/aromatic N) is 2. The van der Waals surface area contributed by atoms with Gasteiger partial charge in [-0.2, -0.15) is 0 Å². The van der Waals surface area contributed by atoms with Gasteiger partial charge >= 0.3 is 5.97 Å². The van der Waals surface area contributed by atoms with E-state index in [2.05, 4.69) is 15.2 Å². The quantitative estimate of drug-likeness (QED) is 0.293. The van der Waals surface area contributed by atoms with Crippen LogP contribution >= 0.6 is 24.0 Å². The maximum Gasteiger partial charge on any atom is 0.310 e. The van der Waals surface area contributed by atoms with Gasteiger partial charge < -0.3 is 20.7 Å². The number of nitrogens with one attached hydrogen (secondary N) is 1. The van der Waals surface area contributed by atoms with Gasteiger partial charge in [-0.15, -0.1) is 24.0 Å². The van der Waals surface area contributed by atoms with Crippen molar-refractivity contribution in [1.29, 1.82) is 0 Å². The Labute approximate surface area is 171 Å². The molecule has 144 valence electrons. The van der Waals surface area contributed by atoms with E-state index in [0.717, 1.165) is 24.6 Å². The number of rotatable bonds is 5. The molecule has 0 bridgehead atoms. The van der Waals surface area contributed by atoms with Crippen molar-refractivity contribution in [1.82, 2.24) is 10.2 Å². The number of guanidine groups is 1. The minimum Gasteiger partial charge on any atom is -0.469 e. The molecule has 0 aromatic heterocycles. The molecule has 0 saturated carbocycles. The summed E-state index contributed by atoms with van der Waals surface area (Å²) in [4.78, 5) is 29.9.